The molecule has 3 rings (SSSR count). The summed E-state index contributed by atoms with van der Waals surface area (Å²) in [5.74, 6) is -0.353. The molecule has 1 aromatic carbocycles. The normalized spacial score (nSPS) is 25.5. The van der Waals surface area contributed by atoms with Gasteiger partial charge in [0, 0.05) is 6.54 Å². The van der Waals surface area contributed by atoms with Crippen molar-refractivity contribution in [3.8, 4) is 0 Å². The highest BCUT2D eigenvalue weighted by molar-refractivity contribution is 6.21. The van der Waals surface area contributed by atoms with Crippen LogP contribution in [0.25, 0.3) is 0 Å². The zero-order chi connectivity index (χ0) is 12.7. The molecule has 4 nitrogen and oxygen atoms in total. The Kier molecular flexibility index (Phi) is 2.67. The van der Waals surface area contributed by atoms with Crippen LogP contribution in [0, 0.1) is 0 Å². The van der Waals surface area contributed by atoms with E-state index in [1.165, 1.54) is 4.90 Å². The number of ether oxygens (including phenoxy) is 1. The summed E-state index contributed by atoms with van der Waals surface area (Å²) >= 11 is 0. The van der Waals surface area contributed by atoms with Gasteiger partial charge in [0.2, 0.25) is 0 Å². The Morgan fingerprint density at radius 2 is 1.72 bits per heavy atom. The van der Waals surface area contributed by atoms with E-state index < -0.39 is 0 Å². The van der Waals surface area contributed by atoms with Crippen LogP contribution in [0.3, 0.4) is 0 Å². The average Bonchev–Trinajstić information content (AvgIpc) is 3.12. The third-order valence-electron chi connectivity index (χ3n) is 3.61. The minimum Gasteiger partial charge on any atom is -0.370 e. The van der Waals surface area contributed by atoms with E-state index in [1.807, 2.05) is 0 Å². The molecular formula is C14H15NO3. The van der Waals surface area contributed by atoms with Gasteiger partial charge in [-0.1, -0.05) is 19.1 Å². The second-order valence-corrected chi connectivity index (χ2v) is 4.72. The first kappa shape index (κ1) is 11.4. The molecule has 4 heteroatoms. The summed E-state index contributed by atoms with van der Waals surface area (Å²) in [5, 5.41) is 0. The van der Waals surface area contributed by atoms with Crippen molar-refractivity contribution < 1.29 is 14.3 Å². The van der Waals surface area contributed by atoms with Crippen LogP contribution < -0.4 is 0 Å². The average molecular weight is 245 g/mol. The van der Waals surface area contributed by atoms with E-state index in [-0.39, 0.29) is 17.9 Å². The van der Waals surface area contributed by atoms with Crippen molar-refractivity contribution >= 4 is 11.8 Å². The van der Waals surface area contributed by atoms with Gasteiger partial charge in [0.15, 0.2) is 0 Å². The van der Waals surface area contributed by atoms with Gasteiger partial charge in [-0.15, -0.1) is 0 Å². The first-order chi connectivity index (χ1) is 8.72. The van der Waals surface area contributed by atoms with Crippen LogP contribution in [0.5, 0.6) is 0 Å². The second kappa shape index (κ2) is 4.21. The van der Waals surface area contributed by atoms with Gasteiger partial charge in [0.05, 0.1) is 23.3 Å². The molecule has 2 aliphatic heterocycles. The van der Waals surface area contributed by atoms with Gasteiger partial charge in [-0.05, 0) is 25.0 Å². The molecule has 0 N–H and O–H groups in total. The van der Waals surface area contributed by atoms with Crippen molar-refractivity contribution in [2.75, 3.05) is 6.54 Å². The Morgan fingerprint density at radius 1 is 1.11 bits per heavy atom. The van der Waals surface area contributed by atoms with Crippen LogP contribution in [-0.2, 0) is 4.74 Å². The van der Waals surface area contributed by atoms with Crippen LogP contribution in [-0.4, -0.2) is 35.5 Å². The summed E-state index contributed by atoms with van der Waals surface area (Å²) in [7, 11) is 0. The SMILES string of the molecule is CCC1OC1CCN1C(=O)c2ccccc2C1=O. The number of imide groups is 1. The summed E-state index contributed by atoms with van der Waals surface area (Å²) in [4.78, 5) is 25.4. The minimum absolute atomic E-state index is 0.177. The number of amides is 2. The number of hydrogen-bond donors (Lipinski definition) is 0. The van der Waals surface area contributed by atoms with Gasteiger partial charge in [-0.25, -0.2) is 0 Å². The molecule has 2 unspecified atom stereocenters. The van der Waals surface area contributed by atoms with Gasteiger partial charge in [0.1, 0.15) is 0 Å². The Hall–Kier alpha value is -1.68. The number of benzene rings is 1. The van der Waals surface area contributed by atoms with E-state index in [4.69, 9.17) is 4.74 Å². The van der Waals surface area contributed by atoms with Crippen LogP contribution in [0.1, 0.15) is 40.5 Å². The molecule has 0 aromatic heterocycles. The van der Waals surface area contributed by atoms with E-state index in [0.29, 0.717) is 23.8 Å². The Balaban J connectivity index is 1.69. The summed E-state index contributed by atoms with van der Waals surface area (Å²) < 4.78 is 5.42. The largest absolute Gasteiger partial charge is 0.370 e. The molecule has 94 valence electrons. The number of carbonyl (C=O) groups is 2. The molecular weight excluding hydrogens is 230 g/mol. The van der Waals surface area contributed by atoms with Crippen molar-refractivity contribution in [2.45, 2.75) is 32.0 Å². The number of rotatable bonds is 4. The Bertz CT molecular complexity index is 477. The highest BCUT2D eigenvalue weighted by atomic mass is 16.6. The van der Waals surface area contributed by atoms with Crippen molar-refractivity contribution in [1.82, 2.24) is 4.90 Å². The lowest BCUT2D eigenvalue weighted by molar-refractivity contribution is 0.0649. The number of nitrogens with zero attached hydrogens (tertiary/aromatic N) is 1. The van der Waals surface area contributed by atoms with Gasteiger partial charge in [-0.3, -0.25) is 14.5 Å². The highest BCUT2D eigenvalue weighted by Crippen LogP contribution is 2.29. The smallest absolute Gasteiger partial charge is 0.261 e. The molecule has 2 heterocycles. The fraction of sp³-hybridized carbons (Fsp3) is 0.429. The number of epoxide rings is 1. The molecule has 0 bridgehead atoms. The van der Waals surface area contributed by atoms with E-state index >= 15 is 0 Å². The third-order valence-corrected chi connectivity index (χ3v) is 3.61. The molecule has 2 atom stereocenters. The fourth-order valence-corrected chi connectivity index (χ4v) is 2.49. The maximum absolute atomic E-state index is 12.1. The first-order valence-electron chi connectivity index (χ1n) is 6.33. The summed E-state index contributed by atoms with van der Waals surface area (Å²) in [6, 6.07) is 6.98. The third kappa shape index (κ3) is 1.73. The van der Waals surface area contributed by atoms with Crippen molar-refractivity contribution in [3.63, 3.8) is 0 Å². The number of fused-ring (bicyclic) bond motifs is 1. The second-order valence-electron chi connectivity index (χ2n) is 4.72. The maximum atomic E-state index is 12.1. The lowest BCUT2D eigenvalue weighted by Gasteiger charge is -2.12. The lowest BCUT2D eigenvalue weighted by Crippen LogP contribution is -2.31. The van der Waals surface area contributed by atoms with Gasteiger partial charge < -0.3 is 4.74 Å². The molecule has 1 saturated heterocycles. The summed E-state index contributed by atoms with van der Waals surface area (Å²) in [5.41, 5.74) is 1.04. The molecule has 0 radical (unpaired) electrons. The topological polar surface area (TPSA) is 49.9 Å². The molecule has 0 saturated carbocycles. The molecule has 0 aliphatic carbocycles. The van der Waals surface area contributed by atoms with Crippen LogP contribution in [0.2, 0.25) is 0 Å². The molecule has 18 heavy (non-hydrogen) atoms. The molecule has 2 aliphatic rings. The van der Waals surface area contributed by atoms with Crippen molar-refractivity contribution in [3.05, 3.63) is 35.4 Å². The summed E-state index contributed by atoms with van der Waals surface area (Å²) in [6.07, 6.45) is 2.27. The lowest BCUT2D eigenvalue weighted by atomic mass is 10.1. The standard InChI is InChI=1S/C14H15NO3/c1-2-11-12(18-11)7-8-15-13(16)9-5-3-4-6-10(9)14(15)17/h3-6,11-12H,2,7-8H2,1H3. The predicted molar refractivity (Wildman–Crippen MR) is 65.4 cm³/mol. The molecule has 0 spiro atoms. The van der Waals surface area contributed by atoms with Crippen molar-refractivity contribution in [1.29, 1.82) is 0 Å². The van der Waals surface area contributed by atoms with Crippen LogP contribution in [0.4, 0.5) is 0 Å². The van der Waals surface area contributed by atoms with E-state index in [0.717, 1.165) is 12.8 Å². The number of hydrogen-bond acceptors (Lipinski definition) is 3. The van der Waals surface area contributed by atoms with E-state index in [2.05, 4.69) is 6.92 Å². The predicted octanol–water partition coefficient (Wildman–Crippen LogP) is 1.85. The first-order valence-corrected chi connectivity index (χ1v) is 6.33. The highest BCUT2D eigenvalue weighted by Gasteiger charge is 2.40. The number of carbonyl (C=O) groups excluding carboxylic acids is 2. The molecule has 1 fully saturated rings. The Labute approximate surface area is 106 Å². The van der Waals surface area contributed by atoms with E-state index in [9.17, 15) is 9.59 Å². The van der Waals surface area contributed by atoms with Gasteiger partial charge >= 0.3 is 0 Å². The van der Waals surface area contributed by atoms with Gasteiger partial charge in [-0.2, -0.15) is 0 Å². The van der Waals surface area contributed by atoms with Crippen molar-refractivity contribution in [2.24, 2.45) is 0 Å². The van der Waals surface area contributed by atoms with Crippen LogP contribution in [0.15, 0.2) is 24.3 Å². The van der Waals surface area contributed by atoms with Gasteiger partial charge in [0.25, 0.3) is 11.8 Å². The zero-order valence-corrected chi connectivity index (χ0v) is 10.3. The minimum atomic E-state index is -0.177. The Morgan fingerprint density at radius 3 is 2.22 bits per heavy atom. The van der Waals surface area contributed by atoms with E-state index in [1.54, 1.807) is 24.3 Å². The quantitative estimate of drug-likeness (QED) is 0.601. The monoisotopic (exact) mass is 245 g/mol. The summed E-state index contributed by atoms with van der Waals surface area (Å²) in [6.45, 7) is 2.53. The fourth-order valence-electron chi connectivity index (χ4n) is 2.49. The zero-order valence-electron chi connectivity index (χ0n) is 10.3. The van der Waals surface area contributed by atoms with Crippen LogP contribution >= 0.6 is 0 Å². The maximum Gasteiger partial charge on any atom is 0.261 e. The molecule has 2 amide bonds. The molecule has 1 aromatic rings.